The molecule has 0 fully saturated rings. The second-order valence-electron chi connectivity index (χ2n) is 5.45. The minimum absolute atomic E-state index is 0.0986. The lowest BCUT2D eigenvalue weighted by Gasteiger charge is -2.11. The number of aliphatic hydroxyl groups excluding tert-OH is 1. The molecule has 5 nitrogen and oxygen atoms in total. The Labute approximate surface area is 142 Å². The fourth-order valence-electron chi connectivity index (χ4n) is 2.25. The minimum Gasteiger partial charge on any atom is -0.388 e. The zero-order valence-corrected chi connectivity index (χ0v) is 14.1. The third-order valence-corrected chi connectivity index (χ3v) is 5.36. The van der Waals surface area contributed by atoms with Crippen LogP contribution in [0.2, 0.25) is 0 Å². The molecule has 128 valence electrons. The van der Waals surface area contributed by atoms with Crippen molar-refractivity contribution in [2.45, 2.75) is 23.8 Å². The molecule has 0 aliphatic rings. The molecule has 1 amide bonds. The van der Waals surface area contributed by atoms with Gasteiger partial charge in [-0.3, -0.25) is 4.79 Å². The van der Waals surface area contributed by atoms with Crippen molar-refractivity contribution in [1.82, 2.24) is 5.32 Å². The van der Waals surface area contributed by atoms with Crippen LogP contribution in [0, 0.1) is 0 Å². The summed E-state index contributed by atoms with van der Waals surface area (Å²) in [6.45, 7) is 0.292. The molecule has 2 N–H and O–H groups in total. The van der Waals surface area contributed by atoms with E-state index in [9.17, 15) is 18.3 Å². The molecule has 1 atom stereocenters. The Balaban J connectivity index is 1.74. The highest BCUT2D eigenvalue weighted by Gasteiger charge is 2.16. The number of benzene rings is 2. The lowest BCUT2D eigenvalue weighted by atomic mass is 10.1. The van der Waals surface area contributed by atoms with Gasteiger partial charge in [-0.1, -0.05) is 48.5 Å². The Morgan fingerprint density at radius 1 is 1.00 bits per heavy atom. The number of nitrogens with one attached hydrogen (secondary N) is 1. The normalized spacial score (nSPS) is 12.5. The molecular formula is C18H21NO4S. The standard InChI is InChI=1S/C18H21NO4S/c20-17(15-7-3-1-4-8-15)11-13-19-18(21)12-14-24(22,23)16-9-5-2-6-10-16/h1-10,17,20H,11-14H2,(H,19,21)/t17-/m1/s1. The molecule has 0 radical (unpaired) electrons. The van der Waals surface area contributed by atoms with Crippen LogP contribution >= 0.6 is 0 Å². The summed E-state index contributed by atoms with van der Waals surface area (Å²) in [7, 11) is -3.45. The van der Waals surface area contributed by atoms with Gasteiger partial charge in [-0.2, -0.15) is 0 Å². The molecule has 0 heterocycles. The van der Waals surface area contributed by atoms with Crippen molar-refractivity contribution in [1.29, 1.82) is 0 Å². The fourth-order valence-corrected chi connectivity index (χ4v) is 3.51. The summed E-state index contributed by atoms with van der Waals surface area (Å²) in [4.78, 5) is 12.0. The molecule has 24 heavy (non-hydrogen) atoms. The average molecular weight is 347 g/mol. The molecule has 2 rings (SSSR count). The summed E-state index contributed by atoms with van der Waals surface area (Å²) in [5, 5.41) is 12.6. The number of sulfone groups is 1. The van der Waals surface area contributed by atoms with Gasteiger partial charge in [-0.15, -0.1) is 0 Å². The summed E-state index contributed by atoms with van der Waals surface area (Å²) in [6, 6.07) is 17.3. The Morgan fingerprint density at radius 3 is 2.21 bits per heavy atom. The van der Waals surface area contributed by atoms with Gasteiger partial charge in [0.15, 0.2) is 9.84 Å². The van der Waals surface area contributed by atoms with E-state index in [1.165, 1.54) is 12.1 Å². The third-order valence-electron chi connectivity index (χ3n) is 3.62. The molecule has 0 saturated carbocycles. The second-order valence-corrected chi connectivity index (χ2v) is 7.56. The van der Waals surface area contributed by atoms with Crippen LogP contribution in [0.15, 0.2) is 65.6 Å². The van der Waals surface area contributed by atoms with Crippen LogP contribution in [0.3, 0.4) is 0 Å². The molecule has 0 spiro atoms. The van der Waals surface area contributed by atoms with Gasteiger partial charge in [0.2, 0.25) is 5.91 Å². The Morgan fingerprint density at radius 2 is 1.58 bits per heavy atom. The molecular weight excluding hydrogens is 326 g/mol. The van der Waals surface area contributed by atoms with Crippen molar-refractivity contribution in [3.8, 4) is 0 Å². The summed E-state index contributed by atoms with van der Waals surface area (Å²) in [6.07, 6.45) is -0.376. The summed E-state index contributed by atoms with van der Waals surface area (Å²) < 4.78 is 24.2. The van der Waals surface area contributed by atoms with Gasteiger partial charge in [0.1, 0.15) is 0 Å². The van der Waals surface area contributed by atoms with Gasteiger partial charge in [0.05, 0.1) is 16.8 Å². The van der Waals surface area contributed by atoms with E-state index in [1.807, 2.05) is 30.3 Å². The van der Waals surface area contributed by atoms with Crippen molar-refractivity contribution >= 4 is 15.7 Å². The first-order chi connectivity index (χ1) is 11.5. The molecule has 0 aliphatic carbocycles. The molecule has 6 heteroatoms. The highest BCUT2D eigenvalue weighted by molar-refractivity contribution is 7.91. The van der Waals surface area contributed by atoms with Crippen LogP contribution < -0.4 is 5.32 Å². The number of carbonyl (C=O) groups excluding carboxylic acids is 1. The monoisotopic (exact) mass is 347 g/mol. The van der Waals surface area contributed by atoms with Crippen LogP contribution in [0.5, 0.6) is 0 Å². The van der Waals surface area contributed by atoms with Crippen LogP contribution in [0.25, 0.3) is 0 Å². The number of hydrogen-bond donors (Lipinski definition) is 2. The molecule has 2 aromatic carbocycles. The molecule has 0 saturated heterocycles. The smallest absolute Gasteiger partial charge is 0.221 e. The van der Waals surface area contributed by atoms with Crippen LogP contribution in [0.4, 0.5) is 0 Å². The highest BCUT2D eigenvalue weighted by atomic mass is 32.2. The van der Waals surface area contributed by atoms with Crippen molar-refractivity contribution in [3.05, 3.63) is 66.2 Å². The van der Waals surface area contributed by atoms with E-state index < -0.39 is 15.9 Å². The topological polar surface area (TPSA) is 83.5 Å². The second kappa shape index (κ2) is 8.61. The van der Waals surface area contributed by atoms with Gasteiger partial charge in [0.25, 0.3) is 0 Å². The number of carbonyl (C=O) groups is 1. The SMILES string of the molecule is O=C(CCS(=O)(=O)c1ccccc1)NCC[C@@H](O)c1ccccc1. The fraction of sp³-hybridized carbons (Fsp3) is 0.278. The third kappa shape index (κ3) is 5.47. The predicted octanol–water partition coefficient (Wildman–Crippen LogP) is 2.09. The van der Waals surface area contributed by atoms with E-state index in [0.29, 0.717) is 13.0 Å². The summed E-state index contributed by atoms with van der Waals surface area (Å²) >= 11 is 0. The van der Waals surface area contributed by atoms with Gasteiger partial charge in [-0.25, -0.2) is 8.42 Å². The molecule has 0 aromatic heterocycles. The zero-order valence-electron chi connectivity index (χ0n) is 13.3. The maximum Gasteiger partial charge on any atom is 0.221 e. The predicted molar refractivity (Wildman–Crippen MR) is 92.1 cm³/mol. The quantitative estimate of drug-likeness (QED) is 0.766. The summed E-state index contributed by atoms with van der Waals surface area (Å²) in [5.74, 6) is -0.570. The van der Waals surface area contributed by atoms with Crippen molar-refractivity contribution in [3.63, 3.8) is 0 Å². The van der Waals surface area contributed by atoms with Gasteiger partial charge in [-0.05, 0) is 24.1 Å². The Hall–Kier alpha value is -2.18. The average Bonchev–Trinajstić information content (AvgIpc) is 2.61. The molecule has 0 aliphatic heterocycles. The van der Waals surface area contributed by atoms with E-state index in [-0.39, 0.29) is 23.0 Å². The molecule has 2 aromatic rings. The van der Waals surface area contributed by atoms with Crippen LogP contribution in [-0.2, 0) is 14.6 Å². The number of hydrogen-bond acceptors (Lipinski definition) is 4. The van der Waals surface area contributed by atoms with E-state index >= 15 is 0 Å². The molecule has 0 bridgehead atoms. The van der Waals surface area contributed by atoms with E-state index in [4.69, 9.17) is 0 Å². The lowest BCUT2D eigenvalue weighted by Crippen LogP contribution is -2.27. The first-order valence-electron chi connectivity index (χ1n) is 7.76. The van der Waals surface area contributed by atoms with E-state index in [1.54, 1.807) is 18.2 Å². The zero-order chi connectivity index (χ0) is 17.4. The lowest BCUT2D eigenvalue weighted by molar-refractivity contribution is -0.120. The molecule has 0 unspecified atom stereocenters. The van der Waals surface area contributed by atoms with Crippen molar-refractivity contribution in [2.24, 2.45) is 0 Å². The Bertz CT molecular complexity index is 745. The van der Waals surface area contributed by atoms with Crippen molar-refractivity contribution < 1.29 is 18.3 Å². The maximum atomic E-state index is 12.1. The van der Waals surface area contributed by atoms with E-state index in [2.05, 4.69) is 5.32 Å². The largest absolute Gasteiger partial charge is 0.388 e. The maximum absolute atomic E-state index is 12.1. The highest BCUT2D eigenvalue weighted by Crippen LogP contribution is 2.15. The Kier molecular flexibility index (Phi) is 6.52. The first kappa shape index (κ1) is 18.2. The summed E-state index contributed by atoms with van der Waals surface area (Å²) in [5.41, 5.74) is 0.790. The number of rotatable bonds is 8. The van der Waals surface area contributed by atoms with E-state index in [0.717, 1.165) is 5.56 Å². The van der Waals surface area contributed by atoms with Gasteiger partial charge < -0.3 is 10.4 Å². The minimum atomic E-state index is -3.45. The first-order valence-corrected chi connectivity index (χ1v) is 9.42. The van der Waals surface area contributed by atoms with Crippen molar-refractivity contribution in [2.75, 3.05) is 12.3 Å². The van der Waals surface area contributed by atoms with Crippen LogP contribution in [0.1, 0.15) is 24.5 Å². The van der Waals surface area contributed by atoms with Gasteiger partial charge in [0, 0.05) is 13.0 Å². The number of aliphatic hydroxyl groups is 1. The van der Waals surface area contributed by atoms with Crippen LogP contribution in [-0.4, -0.2) is 31.7 Å². The number of amides is 1. The van der Waals surface area contributed by atoms with Gasteiger partial charge >= 0.3 is 0 Å².